The highest BCUT2D eigenvalue weighted by Crippen LogP contribution is 2.15. The van der Waals surface area contributed by atoms with Crippen LogP contribution in [0.3, 0.4) is 0 Å². The Labute approximate surface area is 118 Å². The summed E-state index contributed by atoms with van der Waals surface area (Å²) in [5.74, 6) is -1.18. The molecule has 1 rings (SSSR count). The fourth-order valence-corrected chi connectivity index (χ4v) is 1.78. The molecule has 0 saturated heterocycles. The largest absolute Gasteiger partial charge is 0.479 e. The molecule has 110 valence electrons. The van der Waals surface area contributed by atoms with Crippen LogP contribution in [0.2, 0.25) is 0 Å². The monoisotopic (exact) mass is 279 g/mol. The van der Waals surface area contributed by atoms with E-state index in [1.165, 1.54) is 14.0 Å². The van der Waals surface area contributed by atoms with Crippen LogP contribution in [0.15, 0.2) is 24.3 Å². The van der Waals surface area contributed by atoms with E-state index in [9.17, 15) is 14.7 Å². The van der Waals surface area contributed by atoms with Crippen LogP contribution in [0, 0.1) is 0 Å². The quantitative estimate of drug-likeness (QED) is 0.835. The van der Waals surface area contributed by atoms with Gasteiger partial charge in [-0.15, -0.1) is 0 Å². The van der Waals surface area contributed by atoms with Crippen molar-refractivity contribution in [3.63, 3.8) is 0 Å². The molecular weight excluding hydrogens is 258 g/mol. The Morgan fingerprint density at radius 2 is 1.85 bits per heavy atom. The molecule has 1 aromatic rings. The molecule has 0 aliphatic rings. The third-order valence-corrected chi connectivity index (χ3v) is 3.13. The van der Waals surface area contributed by atoms with Gasteiger partial charge in [-0.3, -0.25) is 4.79 Å². The maximum Gasteiger partial charge on any atom is 0.331 e. The summed E-state index contributed by atoms with van der Waals surface area (Å²) < 4.78 is 4.86. The minimum absolute atomic E-state index is 0.0991. The molecule has 5 nitrogen and oxygen atoms in total. The number of methoxy groups -OCH3 is 1. The van der Waals surface area contributed by atoms with E-state index < -0.39 is 17.4 Å². The second-order valence-corrected chi connectivity index (χ2v) is 5.30. The van der Waals surface area contributed by atoms with E-state index >= 15 is 0 Å². The molecule has 0 aromatic heterocycles. The lowest BCUT2D eigenvalue weighted by Crippen LogP contribution is -2.55. The van der Waals surface area contributed by atoms with Gasteiger partial charge >= 0.3 is 5.97 Å². The molecule has 0 saturated carbocycles. The lowest BCUT2D eigenvalue weighted by molar-refractivity contribution is -0.145. The Bertz CT molecular complexity index is 481. The molecule has 1 atom stereocenters. The number of carboxylic acids is 1. The van der Waals surface area contributed by atoms with E-state index in [0.29, 0.717) is 11.5 Å². The van der Waals surface area contributed by atoms with Gasteiger partial charge in [0.1, 0.15) is 0 Å². The van der Waals surface area contributed by atoms with E-state index in [1.54, 1.807) is 12.1 Å². The fourth-order valence-electron chi connectivity index (χ4n) is 1.78. The van der Waals surface area contributed by atoms with Crippen molar-refractivity contribution in [1.29, 1.82) is 0 Å². The van der Waals surface area contributed by atoms with Gasteiger partial charge in [0.05, 0.1) is 6.61 Å². The molecule has 0 heterocycles. The molecule has 0 fully saturated rings. The first kappa shape index (κ1) is 16.2. The molecule has 20 heavy (non-hydrogen) atoms. The summed E-state index contributed by atoms with van der Waals surface area (Å²) in [7, 11) is 1.39. The van der Waals surface area contributed by atoms with Crippen molar-refractivity contribution in [2.45, 2.75) is 32.2 Å². The smallest absolute Gasteiger partial charge is 0.331 e. The fraction of sp³-hybridized carbons (Fsp3) is 0.467. The second kappa shape index (κ2) is 6.52. The molecule has 0 spiro atoms. The van der Waals surface area contributed by atoms with E-state index in [-0.39, 0.29) is 6.61 Å². The summed E-state index contributed by atoms with van der Waals surface area (Å²) in [5, 5.41) is 11.7. The zero-order valence-corrected chi connectivity index (χ0v) is 12.3. The number of hydrogen-bond donors (Lipinski definition) is 2. The number of carboxylic acid groups (broad SMARTS) is 1. The standard InChI is InChI=1S/C15H21NO4/c1-10(2)11-5-7-12(8-6-11)13(17)16-15(3,9-20-4)14(18)19/h5-8,10H,9H2,1-4H3,(H,16,17)(H,18,19). The van der Waals surface area contributed by atoms with Gasteiger partial charge in [-0.2, -0.15) is 0 Å². The number of ether oxygens (including phenoxy) is 1. The molecule has 1 unspecified atom stereocenters. The first-order valence-corrected chi connectivity index (χ1v) is 6.45. The number of amides is 1. The third kappa shape index (κ3) is 3.81. The van der Waals surface area contributed by atoms with E-state index in [0.717, 1.165) is 5.56 Å². The van der Waals surface area contributed by atoms with Crippen molar-refractivity contribution in [2.75, 3.05) is 13.7 Å². The van der Waals surface area contributed by atoms with Crippen LogP contribution in [0.25, 0.3) is 0 Å². The number of hydrogen-bond acceptors (Lipinski definition) is 3. The van der Waals surface area contributed by atoms with Crippen molar-refractivity contribution >= 4 is 11.9 Å². The SMILES string of the molecule is COCC(C)(NC(=O)c1ccc(C(C)C)cc1)C(=O)O. The van der Waals surface area contributed by atoms with Gasteiger partial charge in [-0.1, -0.05) is 26.0 Å². The van der Waals surface area contributed by atoms with Gasteiger partial charge in [0.25, 0.3) is 5.91 Å². The molecule has 1 aromatic carbocycles. The number of aliphatic carboxylic acids is 1. The summed E-state index contributed by atoms with van der Waals surface area (Å²) in [6, 6.07) is 7.13. The molecule has 0 bridgehead atoms. The zero-order chi connectivity index (χ0) is 15.3. The molecule has 2 N–H and O–H groups in total. The number of carbonyl (C=O) groups excluding carboxylic acids is 1. The summed E-state index contributed by atoms with van der Waals surface area (Å²) in [6.07, 6.45) is 0. The van der Waals surface area contributed by atoms with Crippen LogP contribution in [-0.2, 0) is 9.53 Å². The third-order valence-electron chi connectivity index (χ3n) is 3.13. The average molecular weight is 279 g/mol. The minimum Gasteiger partial charge on any atom is -0.479 e. The lowest BCUT2D eigenvalue weighted by Gasteiger charge is -2.25. The van der Waals surface area contributed by atoms with Crippen molar-refractivity contribution in [1.82, 2.24) is 5.32 Å². The van der Waals surface area contributed by atoms with Crippen LogP contribution in [0.4, 0.5) is 0 Å². The lowest BCUT2D eigenvalue weighted by atomic mass is 10.00. The highest BCUT2D eigenvalue weighted by atomic mass is 16.5. The number of benzene rings is 1. The van der Waals surface area contributed by atoms with Gasteiger partial charge in [-0.05, 0) is 30.5 Å². The van der Waals surface area contributed by atoms with Gasteiger partial charge in [-0.25, -0.2) is 4.79 Å². The molecular formula is C15H21NO4. The summed E-state index contributed by atoms with van der Waals surface area (Å²) in [4.78, 5) is 23.3. The van der Waals surface area contributed by atoms with Gasteiger partial charge in [0, 0.05) is 12.7 Å². The second-order valence-electron chi connectivity index (χ2n) is 5.30. The van der Waals surface area contributed by atoms with Crippen molar-refractivity contribution in [2.24, 2.45) is 0 Å². The number of carbonyl (C=O) groups is 2. The first-order chi connectivity index (χ1) is 9.30. The van der Waals surface area contributed by atoms with Gasteiger partial charge in [0.2, 0.25) is 0 Å². The summed E-state index contributed by atoms with van der Waals surface area (Å²) in [6.45, 7) is 5.45. The first-order valence-electron chi connectivity index (χ1n) is 6.45. The highest BCUT2D eigenvalue weighted by Gasteiger charge is 2.35. The Morgan fingerprint density at radius 3 is 2.25 bits per heavy atom. The highest BCUT2D eigenvalue weighted by molar-refractivity contribution is 5.97. The number of rotatable bonds is 6. The van der Waals surface area contributed by atoms with Crippen LogP contribution >= 0.6 is 0 Å². The molecule has 1 amide bonds. The number of nitrogens with one attached hydrogen (secondary N) is 1. The van der Waals surface area contributed by atoms with E-state index in [2.05, 4.69) is 19.2 Å². The maximum absolute atomic E-state index is 12.1. The molecule has 0 aliphatic carbocycles. The Kier molecular flexibility index (Phi) is 5.27. The Hall–Kier alpha value is -1.88. The minimum atomic E-state index is -1.44. The van der Waals surface area contributed by atoms with Crippen LogP contribution < -0.4 is 5.32 Å². The normalized spacial score (nSPS) is 13.8. The van der Waals surface area contributed by atoms with Crippen LogP contribution in [-0.4, -0.2) is 36.2 Å². The van der Waals surface area contributed by atoms with Crippen LogP contribution in [0.5, 0.6) is 0 Å². The Morgan fingerprint density at radius 1 is 1.30 bits per heavy atom. The molecule has 0 radical (unpaired) electrons. The van der Waals surface area contributed by atoms with Crippen molar-refractivity contribution in [3.05, 3.63) is 35.4 Å². The van der Waals surface area contributed by atoms with Crippen molar-refractivity contribution < 1.29 is 19.4 Å². The zero-order valence-electron chi connectivity index (χ0n) is 12.3. The molecule has 5 heteroatoms. The predicted molar refractivity (Wildman–Crippen MR) is 75.9 cm³/mol. The van der Waals surface area contributed by atoms with E-state index in [1.807, 2.05) is 12.1 Å². The average Bonchev–Trinajstić information content (AvgIpc) is 2.38. The topological polar surface area (TPSA) is 75.6 Å². The maximum atomic E-state index is 12.1. The van der Waals surface area contributed by atoms with Gasteiger partial charge in [0.15, 0.2) is 5.54 Å². The van der Waals surface area contributed by atoms with E-state index in [4.69, 9.17) is 4.74 Å². The summed E-state index contributed by atoms with van der Waals surface area (Å²) >= 11 is 0. The predicted octanol–water partition coefficient (Wildman–Crippen LogP) is 2.03. The molecule has 0 aliphatic heterocycles. The van der Waals surface area contributed by atoms with Crippen LogP contribution in [0.1, 0.15) is 42.6 Å². The van der Waals surface area contributed by atoms with Gasteiger partial charge < -0.3 is 15.2 Å². The van der Waals surface area contributed by atoms with Crippen molar-refractivity contribution in [3.8, 4) is 0 Å². The Balaban J connectivity index is 2.87. The summed E-state index contributed by atoms with van der Waals surface area (Å²) in [5.41, 5.74) is 0.111.